The number of likely N-dealkylation sites (N-methyl/N-ethyl adjacent to an activating group) is 1. The molecule has 1 amide bonds. The fourth-order valence-electron chi connectivity index (χ4n) is 7.02. The van der Waals surface area contributed by atoms with Gasteiger partial charge in [0.2, 0.25) is 5.91 Å². The Morgan fingerprint density at radius 3 is 2.49 bits per heavy atom. The van der Waals surface area contributed by atoms with Crippen LogP contribution in [0, 0.1) is 5.82 Å². The van der Waals surface area contributed by atoms with Gasteiger partial charge in [-0.25, -0.2) is 4.39 Å². The molecule has 194 valence electrons. The normalized spacial score (nSPS) is 23.5. The summed E-state index contributed by atoms with van der Waals surface area (Å²) in [5, 5.41) is 17.0. The number of nitrogens with zero attached hydrogens (tertiary/aromatic N) is 3. The van der Waals surface area contributed by atoms with Crippen molar-refractivity contribution in [3.63, 3.8) is 0 Å². The summed E-state index contributed by atoms with van der Waals surface area (Å²) in [7, 11) is 3.86. The van der Waals surface area contributed by atoms with E-state index in [2.05, 4.69) is 46.6 Å². The number of aliphatic hydroxyl groups is 1. The Morgan fingerprint density at radius 1 is 1.08 bits per heavy atom. The van der Waals surface area contributed by atoms with Crippen LogP contribution >= 0.6 is 0 Å². The number of piperidine rings is 1. The van der Waals surface area contributed by atoms with Crippen LogP contribution in [0.15, 0.2) is 60.7 Å². The quantitative estimate of drug-likeness (QED) is 0.542. The van der Waals surface area contributed by atoms with E-state index in [-0.39, 0.29) is 30.4 Å². The third-order valence-corrected chi connectivity index (χ3v) is 8.45. The molecule has 1 unspecified atom stereocenters. The van der Waals surface area contributed by atoms with Gasteiger partial charge in [-0.3, -0.25) is 4.79 Å². The van der Waals surface area contributed by atoms with E-state index in [4.69, 9.17) is 0 Å². The first kappa shape index (κ1) is 24.3. The summed E-state index contributed by atoms with van der Waals surface area (Å²) in [5.41, 5.74) is 2.67. The fraction of sp³-hybridized carbons (Fsp3) is 0.433. The monoisotopic (exact) mass is 502 g/mol. The molecule has 0 saturated carbocycles. The summed E-state index contributed by atoms with van der Waals surface area (Å²) >= 11 is 0. The SMILES string of the molecule is CN(C)C[C@@H](O)CN1C(=O)C2(CCNCC2)N(c2ccc(F)cc2)[C@H]1C1Cc2cccc3cccc1c23. The second kappa shape index (κ2) is 9.39. The first-order valence-electron chi connectivity index (χ1n) is 13.3. The highest BCUT2D eigenvalue weighted by Gasteiger charge is 2.60. The molecule has 2 N–H and O–H groups in total. The molecule has 3 aromatic rings. The number of anilines is 1. The van der Waals surface area contributed by atoms with Gasteiger partial charge in [-0.1, -0.05) is 36.4 Å². The predicted molar refractivity (Wildman–Crippen MR) is 144 cm³/mol. The minimum atomic E-state index is -0.728. The molecule has 7 heteroatoms. The Hall–Kier alpha value is -3.00. The molecule has 0 aromatic heterocycles. The lowest BCUT2D eigenvalue weighted by Crippen LogP contribution is -2.57. The second-order valence-corrected chi connectivity index (χ2v) is 11.1. The van der Waals surface area contributed by atoms with Crippen molar-refractivity contribution in [1.29, 1.82) is 0 Å². The molecule has 3 aliphatic rings. The third-order valence-electron chi connectivity index (χ3n) is 8.45. The number of amides is 1. The number of hydrogen-bond donors (Lipinski definition) is 2. The van der Waals surface area contributed by atoms with Crippen LogP contribution in [-0.2, 0) is 11.2 Å². The lowest BCUT2D eigenvalue weighted by molar-refractivity contribution is -0.135. The lowest BCUT2D eigenvalue weighted by Gasteiger charge is -2.44. The summed E-state index contributed by atoms with van der Waals surface area (Å²) in [4.78, 5) is 20.7. The van der Waals surface area contributed by atoms with E-state index in [0.717, 1.165) is 25.2 Å². The van der Waals surface area contributed by atoms with Crippen molar-refractivity contribution in [2.45, 2.75) is 43.0 Å². The number of rotatable bonds is 6. The van der Waals surface area contributed by atoms with E-state index >= 15 is 0 Å². The largest absolute Gasteiger partial charge is 0.390 e. The molecule has 6 nitrogen and oxygen atoms in total. The van der Waals surface area contributed by atoms with Crippen LogP contribution in [0.5, 0.6) is 0 Å². The highest BCUT2D eigenvalue weighted by molar-refractivity contribution is 5.96. The second-order valence-electron chi connectivity index (χ2n) is 11.1. The van der Waals surface area contributed by atoms with Crippen molar-refractivity contribution in [2.24, 2.45) is 0 Å². The van der Waals surface area contributed by atoms with Crippen LogP contribution in [0.3, 0.4) is 0 Å². The zero-order chi connectivity index (χ0) is 25.7. The highest BCUT2D eigenvalue weighted by atomic mass is 19.1. The van der Waals surface area contributed by atoms with Crippen LogP contribution in [0.1, 0.15) is 29.9 Å². The third kappa shape index (κ3) is 4.00. The Bertz CT molecular complexity index is 1300. The van der Waals surface area contributed by atoms with E-state index in [1.165, 1.54) is 34.0 Å². The molecule has 1 spiro atoms. The number of aliphatic hydroxyl groups excluding tert-OH is 1. The van der Waals surface area contributed by atoms with Gasteiger partial charge in [-0.05, 0) is 92.6 Å². The molecule has 1 aliphatic carbocycles. The molecule has 37 heavy (non-hydrogen) atoms. The van der Waals surface area contributed by atoms with E-state index in [1.54, 1.807) is 0 Å². The maximum absolute atomic E-state index is 14.5. The van der Waals surface area contributed by atoms with Crippen LogP contribution in [0.25, 0.3) is 10.8 Å². The van der Waals surface area contributed by atoms with Crippen molar-refractivity contribution in [3.8, 4) is 0 Å². The molecule has 2 aliphatic heterocycles. The first-order valence-corrected chi connectivity index (χ1v) is 13.3. The number of hydrogen-bond acceptors (Lipinski definition) is 5. The van der Waals surface area contributed by atoms with Gasteiger partial charge < -0.3 is 25.1 Å². The Labute approximate surface area is 217 Å². The Balaban J connectivity index is 1.51. The number of carbonyl (C=O) groups excluding carboxylic acids is 1. The van der Waals surface area contributed by atoms with Gasteiger partial charge in [0.15, 0.2) is 0 Å². The number of benzene rings is 3. The molecule has 6 rings (SSSR count). The molecule has 3 aromatic carbocycles. The Kier molecular flexibility index (Phi) is 6.18. The zero-order valence-electron chi connectivity index (χ0n) is 21.5. The summed E-state index contributed by atoms with van der Waals surface area (Å²) in [5.74, 6) is -0.179. The topological polar surface area (TPSA) is 59.1 Å². The molecule has 2 heterocycles. The van der Waals surface area contributed by atoms with Crippen LogP contribution in [0.2, 0.25) is 0 Å². The van der Waals surface area contributed by atoms with Gasteiger partial charge in [0.1, 0.15) is 17.5 Å². The number of halogens is 1. The molecule has 2 fully saturated rings. The smallest absolute Gasteiger partial charge is 0.250 e. The average molecular weight is 503 g/mol. The van der Waals surface area contributed by atoms with Crippen LogP contribution in [-0.4, -0.2) is 78.9 Å². The van der Waals surface area contributed by atoms with Gasteiger partial charge in [-0.2, -0.15) is 0 Å². The predicted octanol–water partition coefficient (Wildman–Crippen LogP) is 3.34. The van der Waals surface area contributed by atoms with E-state index in [0.29, 0.717) is 19.4 Å². The standard InChI is InChI=1S/C30H35FN4O2/c1-33(2)18-24(36)19-34-28(26-17-21-7-3-5-20-6-4-8-25(26)27(20)21)35(23-11-9-22(31)10-12-23)30(29(34)37)13-15-32-16-14-30/h3-12,24,26,28,32,36H,13-19H2,1-2H3/t24-,26?,28+/m1/s1. The molecule has 2 saturated heterocycles. The highest BCUT2D eigenvalue weighted by Crippen LogP contribution is 2.50. The van der Waals surface area contributed by atoms with Crippen LogP contribution < -0.4 is 10.2 Å². The van der Waals surface area contributed by atoms with Gasteiger partial charge >= 0.3 is 0 Å². The van der Waals surface area contributed by atoms with Crippen molar-refractivity contribution >= 4 is 22.4 Å². The maximum Gasteiger partial charge on any atom is 0.250 e. The molecular formula is C30H35FN4O2. The summed E-state index contributed by atoms with van der Waals surface area (Å²) in [6.45, 7) is 2.22. The molecule has 0 bridgehead atoms. The van der Waals surface area contributed by atoms with Gasteiger partial charge in [0.05, 0.1) is 6.10 Å². The van der Waals surface area contributed by atoms with Crippen molar-refractivity contribution in [3.05, 3.63) is 77.6 Å². The summed E-state index contributed by atoms with van der Waals surface area (Å²) in [6, 6.07) is 19.5. The van der Waals surface area contributed by atoms with E-state index < -0.39 is 11.6 Å². The van der Waals surface area contributed by atoms with E-state index in [1.807, 2.05) is 36.0 Å². The van der Waals surface area contributed by atoms with Crippen molar-refractivity contribution in [1.82, 2.24) is 15.1 Å². The average Bonchev–Trinajstić information content (AvgIpc) is 3.35. The van der Waals surface area contributed by atoms with Gasteiger partial charge in [-0.15, -0.1) is 0 Å². The Morgan fingerprint density at radius 2 is 1.78 bits per heavy atom. The first-order chi connectivity index (χ1) is 17.9. The zero-order valence-corrected chi connectivity index (χ0v) is 21.5. The van der Waals surface area contributed by atoms with Crippen LogP contribution in [0.4, 0.5) is 10.1 Å². The molecule has 0 radical (unpaired) electrons. The molecule has 3 atom stereocenters. The summed E-state index contributed by atoms with van der Waals surface area (Å²) < 4.78 is 14.0. The summed E-state index contributed by atoms with van der Waals surface area (Å²) in [6.07, 6.45) is 1.20. The van der Waals surface area contributed by atoms with Crippen molar-refractivity contribution < 1.29 is 14.3 Å². The minimum Gasteiger partial charge on any atom is -0.390 e. The maximum atomic E-state index is 14.5. The number of nitrogens with one attached hydrogen (secondary N) is 1. The van der Waals surface area contributed by atoms with E-state index in [9.17, 15) is 14.3 Å². The van der Waals surface area contributed by atoms with Crippen molar-refractivity contribution in [2.75, 3.05) is 45.2 Å². The number of β-amino-alcohol motifs (C(OH)–C–C–N with tert-alkyl or cyclic N) is 1. The van der Waals surface area contributed by atoms with Gasteiger partial charge in [0, 0.05) is 24.7 Å². The van der Waals surface area contributed by atoms with Gasteiger partial charge in [0.25, 0.3) is 0 Å². The lowest BCUT2D eigenvalue weighted by atomic mass is 9.85. The number of carbonyl (C=O) groups is 1. The molecular weight excluding hydrogens is 467 g/mol. The fourth-order valence-corrected chi connectivity index (χ4v) is 7.02. The minimum absolute atomic E-state index is 0.0379.